The van der Waals surface area contributed by atoms with Gasteiger partial charge in [-0.15, -0.1) is 6.58 Å². The van der Waals surface area contributed by atoms with Crippen LogP contribution in [0.3, 0.4) is 0 Å². The second kappa shape index (κ2) is 23.3. The molecule has 350 valence electrons. The lowest BCUT2D eigenvalue weighted by atomic mass is 9.55. The molecular weight excluding hydrogens is 833 g/mol. The third-order valence-corrected chi connectivity index (χ3v) is 12.9. The van der Waals surface area contributed by atoms with Gasteiger partial charge in [-0.2, -0.15) is 0 Å². The molecule has 7 rings (SSSR count). The van der Waals surface area contributed by atoms with E-state index < -0.39 is 30.1 Å². The van der Waals surface area contributed by atoms with Crippen LogP contribution in [0.2, 0.25) is 0 Å². The number of carbonyl (C=O) groups excluding carboxylic acids is 2. The van der Waals surface area contributed by atoms with E-state index in [1.165, 1.54) is 7.11 Å². The summed E-state index contributed by atoms with van der Waals surface area (Å²) >= 11 is 0. The highest BCUT2D eigenvalue weighted by Gasteiger charge is 2.65. The SMILES string of the molecule is C=CCOC12Oc3ccc(Oc4ccc(OC)c(C=O)c4)cc3C3C(CCCCO)C(CCCCO)C=C(C(=NOC4CCCCO4)CC1N(C)C(=O)OCCOCc1ccccc1)C32. The predicted molar refractivity (Wildman–Crippen MR) is 243 cm³/mol. The molecule has 1 amide bonds. The quantitative estimate of drug-likeness (QED) is 0.0403. The van der Waals surface area contributed by atoms with Crippen LogP contribution in [0.15, 0.2) is 96.2 Å². The molecular formula is C51H64N2O12. The molecule has 4 aliphatic rings. The number of unbranched alkanes of at least 4 members (excludes halogenated alkanes) is 2. The number of benzene rings is 3. The van der Waals surface area contributed by atoms with Gasteiger partial charge in [0.1, 0.15) is 35.6 Å². The molecule has 0 bridgehead atoms. The van der Waals surface area contributed by atoms with Gasteiger partial charge in [-0.1, -0.05) is 60.5 Å². The van der Waals surface area contributed by atoms with Crippen molar-refractivity contribution >= 4 is 18.1 Å². The van der Waals surface area contributed by atoms with Gasteiger partial charge >= 0.3 is 6.09 Å². The normalized spacial score (nSPS) is 25.0. The van der Waals surface area contributed by atoms with Crippen LogP contribution in [0.5, 0.6) is 23.0 Å². The molecule has 2 heterocycles. The lowest BCUT2D eigenvalue weighted by molar-refractivity contribution is -0.254. The molecule has 2 N–H and O–H groups in total. The van der Waals surface area contributed by atoms with Crippen LogP contribution in [0, 0.1) is 17.8 Å². The summed E-state index contributed by atoms with van der Waals surface area (Å²) < 4.78 is 43.8. The fourth-order valence-electron chi connectivity index (χ4n) is 9.89. The monoisotopic (exact) mass is 896 g/mol. The number of hydrogen-bond acceptors (Lipinski definition) is 13. The van der Waals surface area contributed by atoms with E-state index in [1.54, 1.807) is 36.2 Å². The van der Waals surface area contributed by atoms with Crippen molar-refractivity contribution in [3.05, 3.63) is 108 Å². The molecule has 2 aliphatic carbocycles. The van der Waals surface area contributed by atoms with E-state index in [0.717, 1.165) is 61.5 Å². The van der Waals surface area contributed by atoms with E-state index in [0.29, 0.717) is 66.7 Å². The average molecular weight is 897 g/mol. The van der Waals surface area contributed by atoms with Gasteiger partial charge in [0.05, 0.1) is 50.7 Å². The molecule has 14 nitrogen and oxygen atoms in total. The van der Waals surface area contributed by atoms with Gasteiger partial charge in [-0.25, -0.2) is 4.79 Å². The highest BCUT2D eigenvalue weighted by Crippen LogP contribution is 2.62. The van der Waals surface area contributed by atoms with Crippen molar-refractivity contribution in [1.82, 2.24) is 4.90 Å². The predicted octanol–water partition coefficient (Wildman–Crippen LogP) is 8.75. The Kier molecular flexibility index (Phi) is 17.1. The van der Waals surface area contributed by atoms with Crippen molar-refractivity contribution in [2.24, 2.45) is 22.9 Å². The molecule has 0 aromatic heterocycles. The third kappa shape index (κ3) is 11.2. The van der Waals surface area contributed by atoms with Gasteiger partial charge in [0.25, 0.3) is 0 Å². The lowest BCUT2D eigenvalue weighted by Crippen LogP contribution is -2.69. The number of carbonyl (C=O) groups is 2. The summed E-state index contributed by atoms with van der Waals surface area (Å²) in [4.78, 5) is 33.9. The van der Waals surface area contributed by atoms with Crippen LogP contribution in [-0.2, 0) is 30.4 Å². The number of methoxy groups -OCH3 is 1. The van der Waals surface area contributed by atoms with E-state index in [1.807, 2.05) is 48.5 Å². The van der Waals surface area contributed by atoms with Gasteiger partial charge in [0.15, 0.2) is 6.29 Å². The molecule has 7 unspecified atom stereocenters. The molecule has 2 aliphatic heterocycles. The second-order valence-corrected chi connectivity index (χ2v) is 17.1. The molecule has 14 heteroatoms. The fourth-order valence-corrected chi connectivity index (χ4v) is 9.89. The summed E-state index contributed by atoms with van der Waals surface area (Å²) in [6.07, 6.45) is 10.8. The van der Waals surface area contributed by atoms with Crippen LogP contribution >= 0.6 is 0 Å². The smallest absolute Gasteiger partial charge is 0.410 e. The van der Waals surface area contributed by atoms with Crippen LogP contribution in [-0.4, -0.2) is 105 Å². The van der Waals surface area contributed by atoms with Crippen LogP contribution < -0.4 is 14.2 Å². The molecule has 0 spiro atoms. The van der Waals surface area contributed by atoms with E-state index in [-0.39, 0.29) is 57.2 Å². The largest absolute Gasteiger partial charge is 0.496 e. The van der Waals surface area contributed by atoms with Crippen LogP contribution in [0.1, 0.15) is 91.6 Å². The number of ether oxygens (including phenoxy) is 7. The minimum atomic E-state index is -1.46. The number of hydrogen-bond donors (Lipinski definition) is 2. The van der Waals surface area contributed by atoms with Gasteiger partial charge < -0.3 is 53.1 Å². The van der Waals surface area contributed by atoms with Crippen LogP contribution in [0.4, 0.5) is 4.79 Å². The Bertz CT molecular complexity index is 2110. The van der Waals surface area contributed by atoms with Crippen LogP contribution in [0.25, 0.3) is 0 Å². The molecule has 3 aromatic rings. The number of nitrogens with zero attached hydrogens (tertiary/aromatic N) is 2. The van der Waals surface area contributed by atoms with E-state index in [2.05, 4.69) is 12.7 Å². The van der Waals surface area contributed by atoms with E-state index >= 15 is 0 Å². The van der Waals surface area contributed by atoms with E-state index in [4.69, 9.17) is 43.2 Å². The molecule has 1 saturated carbocycles. The van der Waals surface area contributed by atoms with Crippen molar-refractivity contribution in [3.8, 4) is 23.0 Å². The summed E-state index contributed by atoms with van der Waals surface area (Å²) in [5.41, 5.74) is 3.82. The first kappa shape index (κ1) is 47.7. The number of oxime groups is 1. The number of fused-ring (bicyclic) bond motifs is 2. The Balaban J connectivity index is 1.32. The minimum absolute atomic E-state index is 0.00266. The Labute approximate surface area is 382 Å². The molecule has 3 aromatic carbocycles. The lowest BCUT2D eigenvalue weighted by Gasteiger charge is -2.59. The first-order chi connectivity index (χ1) is 31.8. The molecule has 7 atom stereocenters. The zero-order valence-electron chi connectivity index (χ0n) is 37.6. The number of amides is 1. The van der Waals surface area contributed by atoms with E-state index in [9.17, 15) is 19.8 Å². The maximum Gasteiger partial charge on any atom is 0.410 e. The number of aliphatic hydroxyl groups is 2. The number of rotatable bonds is 23. The first-order valence-corrected chi connectivity index (χ1v) is 23.0. The fraction of sp³-hybridized carbons (Fsp3) is 0.510. The topological polar surface area (TPSA) is 164 Å². The molecule has 1 saturated heterocycles. The van der Waals surface area contributed by atoms with Gasteiger partial charge in [-0.05, 0) is 97.9 Å². The first-order valence-electron chi connectivity index (χ1n) is 23.0. The minimum Gasteiger partial charge on any atom is -0.496 e. The molecule has 0 radical (unpaired) electrons. The molecule has 2 fully saturated rings. The van der Waals surface area contributed by atoms with Gasteiger partial charge in [0, 0.05) is 44.6 Å². The Hall–Kier alpha value is -5.25. The number of allylic oxidation sites excluding steroid dienone is 1. The number of likely N-dealkylation sites (N-methyl/N-ethyl adjacent to an activating group) is 1. The van der Waals surface area contributed by atoms with Gasteiger partial charge in [-0.3, -0.25) is 4.79 Å². The summed E-state index contributed by atoms with van der Waals surface area (Å²) in [5.74, 6) is -0.228. The number of aliphatic hydroxyl groups excluding tert-OH is 2. The third-order valence-electron chi connectivity index (χ3n) is 12.9. The maximum absolute atomic E-state index is 14.2. The maximum atomic E-state index is 14.2. The van der Waals surface area contributed by atoms with Gasteiger partial charge in [0.2, 0.25) is 12.1 Å². The molecule has 65 heavy (non-hydrogen) atoms. The summed E-state index contributed by atoms with van der Waals surface area (Å²) in [5, 5.41) is 24.8. The Morgan fingerprint density at radius 3 is 2.51 bits per heavy atom. The zero-order chi connectivity index (χ0) is 45.6. The summed E-state index contributed by atoms with van der Waals surface area (Å²) in [6.45, 7) is 5.47. The second-order valence-electron chi connectivity index (χ2n) is 17.1. The highest BCUT2D eigenvalue weighted by atomic mass is 16.8. The Morgan fingerprint density at radius 1 is 0.985 bits per heavy atom. The van der Waals surface area contributed by atoms with Crippen molar-refractivity contribution in [3.63, 3.8) is 0 Å². The van der Waals surface area contributed by atoms with Crippen molar-refractivity contribution in [1.29, 1.82) is 0 Å². The number of aldehydes is 1. The zero-order valence-corrected chi connectivity index (χ0v) is 37.6. The summed E-state index contributed by atoms with van der Waals surface area (Å²) in [7, 11) is 3.21. The average Bonchev–Trinajstić information content (AvgIpc) is 3.34. The highest BCUT2D eigenvalue weighted by molar-refractivity contribution is 6.03. The van der Waals surface area contributed by atoms with Crippen molar-refractivity contribution in [2.75, 3.05) is 53.8 Å². The Morgan fingerprint density at radius 2 is 1.77 bits per heavy atom. The van der Waals surface area contributed by atoms with Crippen molar-refractivity contribution < 1.29 is 57.8 Å². The standard InChI is InChI=1S/C51H64N2O12/c1-4-25-62-51-46(53(2)50(57)61-28-27-59-34-35-14-6-5-7-15-35)32-43(52-65-47-18-10-13-26-60-47)41-30-36(16-8-11-23-54)40(17-9-12-24-55)48(49(41)51)42-31-39(20-22-45(42)64-51)63-38-19-21-44(58-3)37(29-38)33-56/h4-7,14-15,19-22,29-31,33,36,40,46-49,54-55H,1,8-13,16-18,23-28,32,34H2,2-3H3. The summed E-state index contributed by atoms with van der Waals surface area (Å²) in [6, 6.07) is 19.8. The van der Waals surface area contributed by atoms with Crippen molar-refractivity contribution in [2.45, 2.75) is 94.9 Å².